The van der Waals surface area contributed by atoms with Crippen LogP contribution in [0, 0.1) is 11.8 Å². The SMILES string of the molecule is COc1ccc(C(=O)N2CCCC2)cc1NC(=O)C1CC1C(=O)O. The zero-order valence-corrected chi connectivity index (χ0v) is 13.4. The largest absolute Gasteiger partial charge is 0.495 e. The van der Waals surface area contributed by atoms with Crippen molar-refractivity contribution in [3.8, 4) is 5.75 Å². The van der Waals surface area contributed by atoms with Gasteiger partial charge >= 0.3 is 5.97 Å². The minimum Gasteiger partial charge on any atom is -0.495 e. The number of carbonyl (C=O) groups is 3. The number of anilines is 1. The zero-order valence-electron chi connectivity index (χ0n) is 13.4. The van der Waals surface area contributed by atoms with Gasteiger partial charge in [-0.1, -0.05) is 0 Å². The smallest absolute Gasteiger partial charge is 0.307 e. The molecule has 2 aliphatic rings. The van der Waals surface area contributed by atoms with Crippen LogP contribution >= 0.6 is 0 Å². The van der Waals surface area contributed by atoms with Gasteiger partial charge in [0, 0.05) is 18.7 Å². The molecule has 7 heteroatoms. The van der Waals surface area contributed by atoms with E-state index in [-0.39, 0.29) is 11.8 Å². The fourth-order valence-electron chi connectivity index (χ4n) is 3.02. The highest BCUT2D eigenvalue weighted by molar-refractivity contribution is 6.01. The summed E-state index contributed by atoms with van der Waals surface area (Å²) in [5, 5.41) is 11.6. The molecular weight excluding hydrogens is 312 g/mol. The quantitative estimate of drug-likeness (QED) is 0.853. The second-order valence-electron chi connectivity index (χ2n) is 6.19. The lowest BCUT2D eigenvalue weighted by Gasteiger charge is -2.17. The Kier molecular flexibility index (Phi) is 4.42. The van der Waals surface area contributed by atoms with Crippen LogP contribution in [0.2, 0.25) is 0 Å². The second-order valence-corrected chi connectivity index (χ2v) is 6.19. The minimum atomic E-state index is -0.958. The summed E-state index contributed by atoms with van der Waals surface area (Å²) in [7, 11) is 1.48. The number of likely N-dealkylation sites (tertiary alicyclic amines) is 1. The number of amides is 2. The molecule has 7 nitrogen and oxygen atoms in total. The average molecular weight is 332 g/mol. The van der Waals surface area contributed by atoms with Crippen LogP contribution < -0.4 is 10.1 Å². The maximum Gasteiger partial charge on any atom is 0.307 e. The molecule has 0 radical (unpaired) electrons. The first-order valence-corrected chi connectivity index (χ1v) is 8.02. The molecule has 1 heterocycles. The van der Waals surface area contributed by atoms with Gasteiger partial charge in [0.25, 0.3) is 5.91 Å². The third kappa shape index (κ3) is 3.20. The molecular formula is C17H20N2O5. The van der Waals surface area contributed by atoms with E-state index in [1.165, 1.54) is 7.11 Å². The van der Waals surface area contributed by atoms with Crippen LogP contribution in [-0.2, 0) is 9.59 Å². The predicted octanol–water partition coefficient (Wildman–Crippen LogP) is 1.59. The lowest BCUT2D eigenvalue weighted by molar-refractivity contribution is -0.139. The molecule has 1 saturated heterocycles. The Morgan fingerprint density at radius 1 is 1.21 bits per heavy atom. The molecule has 2 unspecified atom stereocenters. The second kappa shape index (κ2) is 6.51. The number of hydrogen-bond acceptors (Lipinski definition) is 4. The van der Waals surface area contributed by atoms with Crippen molar-refractivity contribution in [2.75, 3.05) is 25.5 Å². The number of benzene rings is 1. The Morgan fingerprint density at radius 3 is 2.50 bits per heavy atom. The molecule has 128 valence electrons. The number of carboxylic acids is 1. The first-order chi connectivity index (χ1) is 11.5. The summed E-state index contributed by atoms with van der Waals surface area (Å²) in [4.78, 5) is 37.3. The van der Waals surface area contributed by atoms with Crippen LogP contribution in [0.1, 0.15) is 29.6 Å². The number of aliphatic carboxylic acids is 1. The Balaban J connectivity index is 1.76. The van der Waals surface area contributed by atoms with Gasteiger partial charge in [0.1, 0.15) is 5.75 Å². The Morgan fingerprint density at radius 2 is 1.92 bits per heavy atom. The minimum absolute atomic E-state index is 0.0690. The molecule has 0 bridgehead atoms. The maximum absolute atomic E-state index is 12.5. The molecule has 2 amide bonds. The molecule has 0 aromatic heterocycles. The summed E-state index contributed by atoms with van der Waals surface area (Å²) in [5.74, 6) is -2.09. The molecule has 24 heavy (non-hydrogen) atoms. The topological polar surface area (TPSA) is 95.9 Å². The first-order valence-electron chi connectivity index (χ1n) is 8.02. The fraction of sp³-hybridized carbons (Fsp3) is 0.471. The molecule has 2 N–H and O–H groups in total. The highest BCUT2D eigenvalue weighted by Gasteiger charge is 2.48. The van der Waals surface area contributed by atoms with Crippen molar-refractivity contribution in [1.29, 1.82) is 0 Å². The number of nitrogens with one attached hydrogen (secondary N) is 1. The predicted molar refractivity (Wildman–Crippen MR) is 86.0 cm³/mol. The molecule has 2 fully saturated rings. The van der Waals surface area contributed by atoms with Gasteiger partial charge in [-0.25, -0.2) is 0 Å². The molecule has 1 saturated carbocycles. The van der Waals surface area contributed by atoms with E-state index in [9.17, 15) is 14.4 Å². The zero-order chi connectivity index (χ0) is 17.3. The summed E-state index contributed by atoms with van der Waals surface area (Å²) < 4.78 is 5.22. The summed E-state index contributed by atoms with van der Waals surface area (Å²) >= 11 is 0. The van der Waals surface area contributed by atoms with Crippen molar-refractivity contribution in [2.45, 2.75) is 19.3 Å². The van der Waals surface area contributed by atoms with Gasteiger partial charge in [-0.15, -0.1) is 0 Å². The van der Waals surface area contributed by atoms with Gasteiger partial charge in [-0.3, -0.25) is 14.4 Å². The van der Waals surface area contributed by atoms with Crippen LogP contribution in [0.5, 0.6) is 5.75 Å². The first kappa shape index (κ1) is 16.3. The van der Waals surface area contributed by atoms with E-state index in [1.807, 2.05) is 0 Å². The van der Waals surface area contributed by atoms with Crippen LogP contribution in [0.3, 0.4) is 0 Å². The van der Waals surface area contributed by atoms with Crippen LogP contribution in [0.15, 0.2) is 18.2 Å². The van der Waals surface area contributed by atoms with E-state index >= 15 is 0 Å². The van der Waals surface area contributed by atoms with E-state index in [0.29, 0.717) is 23.4 Å². The molecule has 1 aromatic rings. The van der Waals surface area contributed by atoms with Crippen LogP contribution in [0.4, 0.5) is 5.69 Å². The Hall–Kier alpha value is -2.57. The van der Waals surface area contributed by atoms with Gasteiger partial charge in [0.15, 0.2) is 0 Å². The molecule has 1 aliphatic heterocycles. The standard InChI is InChI=1S/C17H20N2O5/c1-24-14-5-4-10(16(21)19-6-2-3-7-19)8-13(14)18-15(20)11-9-12(11)17(22)23/h4-5,8,11-12H,2-3,6-7,9H2,1H3,(H,18,20)(H,22,23). The van der Waals surface area contributed by atoms with E-state index in [0.717, 1.165) is 25.9 Å². The van der Waals surface area contributed by atoms with Crippen LogP contribution in [-0.4, -0.2) is 48.0 Å². The lowest BCUT2D eigenvalue weighted by atomic mass is 10.1. The van der Waals surface area contributed by atoms with Gasteiger partial charge < -0.3 is 20.1 Å². The molecule has 0 spiro atoms. The van der Waals surface area contributed by atoms with Crippen molar-refractivity contribution in [3.05, 3.63) is 23.8 Å². The fourth-order valence-corrected chi connectivity index (χ4v) is 3.02. The number of ether oxygens (including phenoxy) is 1. The van der Waals surface area contributed by atoms with Gasteiger partial charge in [0.05, 0.1) is 24.6 Å². The number of carboxylic acid groups (broad SMARTS) is 1. The number of hydrogen-bond donors (Lipinski definition) is 2. The number of methoxy groups -OCH3 is 1. The van der Waals surface area contributed by atoms with E-state index in [1.54, 1.807) is 23.1 Å². The summed E-state index contributed by atoms with van der Waals surface area (Å²) in [5.41, 5.74) is 0.877. The molecule has 3 rings (SSSR count). The number of rotatable bonds is 5. The third-order valence-electron chi connectivity index (χ3n) is 4.54. The Labute approximate surface area is 139 Å². The van der Waals surface area contributed by atoms with Gasteiger partial charge in [0.2, 0.25) is 5.91 Å². The van der Waals surface area contributed by atoms with E-state index in [2.05, 4.69) is 5.32 Å². The normalized spacial score (nSPS) is 22.1. The van der Waals surface area contributed by atoms with Crippen molar-refractivity contribution in [2.24, 2.45) is 11.8 Å². The molecule has 1 aliphatic carbocycles. The van der Waals surface area contributed by atoms with Gasteiger partial charge in [-0.05, 0) is 37.5 Å². The highest BCUT2D eigenvalue weighted by Crippen LogP contribution is 2.40. The van der Waals surface area contributed by atoms with Crippen LogP contribution in [0.25, 0.3) is 0 Å². The summed E-state index contributed by atoms with van der Waals surface area (Å²) in [6.07, 6.45) is 2.35. The lowest BCUT2D eigenvalue weighted by Crippen LogP contribution is -2.27. The number of carbonyl (C=O) groups excluding carboxylic acids is 2. The van der Waals surface area contributed by atoms with Crippen molar-refractivity contribution in [1.82, 2.24) is 4.90 Å². The third-order valence-corrected chi connectivity index (χ3v) is 4.54. The van der Waals surface area contributed by atoms with E-state index < -0.39 is 17.8 Å². The summed E-state index contributed by atoms with van der Waals surface area (Å²) in [6.45, 7) is 1.49. The number of nitrogens with zero attached hydrogens (tertiary/aromatic N) is 1. The summed E-state index contributed by atoms with van der Waals surface area (Å²) in [6, 6.07) is 4.91. The van der Waals surface area contributed by atoms with Crippen molar-refractivity contribution >= 4 is 23.5 Å². The van der Waals surface area contributed by atoms with E-state index in [4.69, 9.17) is 9.84 Å². The van der Waals surface area contributed by atoms with Gasteiger partial charge in [-0.2, -0.15) is 0 Å². The Bertz CT molecular complexity index is 682. The average Bonchev–Trinajstić information content (AvgIpc) is 3.21. The van der Waals surface area contributed by atoms with Crippen molar-refractivity contribution < 1.29 is 24.2 Å². The molecule has 2 atom stereocenters. The maximum atomic E-state index is 12.5. The molecule has 1 aromatic carbocycles. The van der Waals surface area contributed by atoms with Crippen molar-refractivity contribution in [3.63, 3.8) is 0 Å². The monoisotopic (exact) mass is 332 g/mol. The highest BCUT2D eigenvalue weighted by atomic mass is 16.5.